The summed E-state index contributed by atoms with van der Waals surface area (Å²) in [5.74, 6) is 0. The Morgan fingerprint density at radius 1 is 1.05 bits per heavy atom. The average Bonchev–Trinajstić information content (AvgIpc) is 2.54. The van der Waals surface area contributed by atoms with Crippen molar-refractivity contribution in [3.63, 3.8) is 0 Å². The molecule has 0 aromatic heterocycles. The Hall–Kier alpha value is -1.76. The van der Waals surface area contributed by atoms with Gasteiger partial charge in [0.1, 0.15) is 0 Å². The minimum absolute atomic E-state index is 0.251. The third kappa shape index (κ3) is 2.65. The molecule has 0 saturated heterocycles. The van der Waals surface area contributed by atoms with Crippen LogP contribution in [0, 0.1) is 12.3 Å². The fraction of sp³-hybridized carbons (Fsp3) is 0.429. The number of anilines is 1. The molecule has 22 heavy (non-hydrogen) atoms. The standard InChI is InChI=1S/C21H27N/c1-5-21(3,4)20-19-9-7-6-8-17(19)14-15-22(20)18-12-10-16(2)11-13-18/h6-13,20H,5,14-15H2,1-4H3. The summed E-state index contributed by atoms with van der Waals surface area (Å²) in [6, 6.07) is 18.5. The third-order valence-corrected chi connectivity index (χ3v) is 5.30. The predicted octanol–water partition coefficient (Wildman–Crippen LogP) is 5.54. The first kappa shape index (κ1) is 15.1. The molecule has 0 amide bonds. The number of fused-ring (bicyclic) bond motifs is 1. The maximum Gasteiger partial charge on any atom is 0.0596 e. The molecule has 1 heteroatoms. The quantitative estimate of drug-likeness (QED) is 0.718. The van der Waals surface area contributed by atoms with Crippen LogP contribution in [0.5, 0.6) is 0 Å². The lowest BCUT2D eigenvalue weighted by Gasteiger charge is -2.47. The molecule has 0 N–H and O–H groups in total. The van der Waals surface area contributed by atoms with E-state index in [4.69, 9.17) is 0 Å². The summed E-state index contributed by atoms with van der Waals surface area (Å²) < 4.78 is 0. The van der Waals surface area contributed by atoms with Gasteiger partial charge in [-0.15, -0.1) is 0 Å². The number of aryl methyl sites for hydroxylation is 1. The highest BCUT2D eigenvalue weighted by molar-refractivity contribution is 5.53. The lowest BCUT2D eigenvalue weighted by molar-refractivity contribution is 0.256. The molecule has 1 atom stereocenters. The van der Waals surface area contributed by atoms with Crippen LogP contribution in [0.15, 0.2) is 48.5 Å². The van der Waals surface area contributed by atoms with Crippen LogP contribution < -0.4 is 4.90 Å². The van der Waals surface area contributed by atoms with Gasteiger partial charge in [0.25, 0.3) is 0 Å². The Morgan fingerprint density at radius 3 is 2.41 bits per heavy atom. The number of nitrogens with zero attached hydrogens (tertiary/aromatic N) is 1. The van der Waals surface area contributed by atoms with E-state index >= 15 is 0 Å². The maximum atomic E-state index is 2.62. The van der Waals surface area contributed by atoms with Crippen molar-refractivity contribution in [1.82, 2.24) is 0 Å². The zero-order valence-corrected chi connectivity index (χ0v) is 14.3. The average molecular weight is 293 g/mol. The summed E-state index contributed by atoms with van der Waals surface area (Å²) in [4.78, 5) is 2.62. The fourth-order valence-electron chi connectivity index (χ4n) is 3.62. The van der Waals surface area contributed by atoms with Crippen LogP contribution >= 0.6 is 0 Å². The first-order chi connectivity index (χ1) is 10.5. The second-order valence-electron chi connectivity index (χ2n) is 7.22. The van der Waals surface area contributed by atoms with E-state index in [-0.39, 0.29) is 5.41 Å². The van der Waals surface area contributed by atoms with Gasteiger partial charge in [-0.25, -0.2) is 0 Å². The molecule has 0 aliphatic carbocycles. The normalized spacial score (nSPS) is 18.2. The lowest BCUT2D eigenvalue weighted by atomic mass is 9.74. The van der Waals surface area contributed by atoms with Gasteiger partial charge in [0.2, 0.25) is 0 Å². The molecule has 0 bridgehead atoms. The van der Waals surface area contributed by atoms with E-state index in [0.717, 1.165) is 13.0 Å². The topological polar surface area (TPSA) is 3.24 Å². The molecule has 1 aliphatic rings. The Kier molecular flexibility index (Phi) is 3.99. The summed E-state index contributed by atoms with van der Waals surface area (Å²) in [7, 11) is 0. The van der Waals surface area contributed by atoms with Crippen LogP contribution in [-0.2, 0) is 6.42 Å². The molecule has 1 nitrogen and oxygen atoms in total. The van der Waals surface area contributed by atoms with Gasteiger partial charge in [-0.2, -0.15) is 0 Å². The van der Waals surface area contributed by atoms with Crippen LogP contribution in [-0.4, -0.2) is 6.54 Å². The largest absolute Gasteiger partial charge is 0.364 e. The molecule has 0 radical (unpaired) electrons. The molecule has 1 aliphatic heterocycles. The molecular formula is C21H27N. The molecular weight excluding hydrogens is 266 g/mol. The Morgan fingerprint density at radius 2 is 1.73 bits per heavy atom. The highest BCUT2D eigenvalue weighted by Gasteiger charge is 2.37. The molecule has 3 rings (SSSR count). The molecule has 1 heterocycles. The van der Waals surface area contributed by atoms with Crippen molar-refractivity contribution in [3.8, 4) is 0 Å². The number of benzene rings is 2. The minimum atomic E-state index is 0.251. The second kappa shape index (κ2) is 5.79. The highest BCUT2D eigenvalue weighted by atomic mass is 15.2. The van der Waals surface area contributed by atoms with Gasteiger partial charge in [0.15, 0.2) is 0 Å². The fourth-order valence-corrected chi connectivity index (χ4v) is 3.62. The van der Waals surface area contributed by atoms with Crippen LogP contribution in [0.4, 0.5) is 5.69 Å². The summed E-state index contributed by atoms with van der Waals surface area (Å²) in [5, 5.41) is 0. The Bertz CT molecular complexity index is 639. The monoisotopic (exact) mass is 293 g/mol. The van der Waals surface area contributed by atoms with E-state index in [0.29, 0.717) is 6.04 Å². The van der Waals surface area contributed by atoms with E-state index in [2.05, 4.69) is 81.1 Å². The second-order valence-corrected chi connectivity index (χ2v) is 7.22. The third-order valence-electron chi connectivity index (χ3n) is 5.30. The van der Waals surface area contributed by atoms with E-state index < -0.39 is 0 Å². The zero-order chi connectivity index (χ0) is 15.7. The first-order valence-corrected chi connectivity index (χ1v) is 8.44. The first-order valence-electron chi connectivity index (χ1n) is 8.44. The molecule has 2 aromatic carbocycles. The van der Waals surface area contributed by atoms with Crippen LogP contribution in [0.25, 0.3) is 0 Å². The lowest BCUT2D eigenvalue weighted by Crippen LogP contribution is -2.43. The van der Waals surface area contributed by atoms with Crippen LogP contribution in [0.3, 0.4) is 0 Å². The minimum Gasteiger partial charge on any atom is -0.364 e. The molecule has 0 spiro atoms. The molecule has 2 aromatic rings. The summed E-state index contributed by atoms with van der Waals surface area (Å²) in [5.41, 5.74) is 5.97. The number of rotatable bonds is 3. The van der Waals surface area contributed by atoms with Gasteiger partial charge in [0.05, 0.1) is 6.04 Å². The van der Waals surface area contributed by atoms with Gasteiger partial charge < -0.3 is 4.90 Å². The van der Waals surface area contributed by atoms with Gasteiger partial charge >= 0.3 is 0 Å². The van der Waals surface area contributed by atoms with E-state index in [9.17, 15) is 0 Å². The van der Waals surface area contributed by atoms with Crippen molar-refractivity contribution in [2.75, 3.05) is 11.4 Å². The molecule has 0 fully saturated rings. The molecule has 1 unspecified atom stereocenters. The molecule has 0 saturated carbocycles. The van der Waals surface area contributed by atoms with Gasteiger partial charge in [-0.1, -0.05) is 62.7 Å². The zero-order valence-electron chi connectivity index (χ0n) is 14.3. The van der Waals surface area contributed by atoms with Crippen molar-refractivity contribution in [2.45, 2.75) is 46.6 Å². The Labute approximate surface area is 135 Å². The SMILES string of the molecule is CCC(C)(C)C1c2ccccc2CCN1c1ccc(C)cc1. The van der Waals surface area contributed by atoms with Crippen molar-refractivity contribution < 1.29 is 0 Å². The van der Waals surface area contributed by atoms with Crippen LogP contribution in [0.2, 0.25) is 0 Å². The summed E-state index contributed by atoms with van der Waals surface area (Å²) in [6.07, 6.45) is 2.31. The van der Waals surface area contributed by atoms with Gasteiger partial charge in [-0.05, 0) is 48.4 Å². The number of hydrogen-bond donors (Lipinski definition) is 0. The van der Waals surface area contributed by atoms with E-state index in [1.54, 1.807) is 0 Å². The molecule has 116 valence electrons. The van der Waals surface area contributed by atoms with Gasteiger partial charge in [-0.3, -0.25) is 0 Å². The van der Waals surface area contributed by atoms with E-state index in [1.807, 2.05) is 0 Å². The summed E-state index contributed by atoms with van der Waals surface area (Å²) in [6.45, 7) is 10.4. The van der Waals surface area contributed by atoms with E-state index in [1.165, 1.54) is 28.8 Å². The highest BCUT2D eigenvalue weighted by Crippen LogP contribution is 2.46. The van der Waals surface area contributed by atoms with Crippen molar-refractivity contribution >= 4 is 5.69 Å². The smallest absolute Gasteiger partial charge is 0.0596 e. The summed E-state index contributed by atoms with van der Waals surface area (Å²) >= 11 is 0. The predicted molar refractivity (Wildman–Crippen MR) is 95.5 cm³/mol. The van der Waals surface area contributed by atoms with Crippen molar-refractivity contribution in [1.29, 1.82) is 0 Å². The Balaban J connectivity index is 2.08. The maximum absolute atomic E-state index is 2.62. The van der Waals surface area contributed by atoms with Crippen molar-refractivity contribution in [3.05, 3.63) is 65.2 Å². The van der Waals surface area contributed by atoms with Crippen LogP contribution in [0.1, 0.15) is 49.9 Å². The van der Waals surface area contributed by atoms with Gasteiger partial charge in [0, 0.05) is 12.2 Å². The van der Waals surface area contributed by atoms with Crippen molar-refractivity contribution in [2.24, 2.45) is 5.41 Å². The number of hydrogen-bond acceptors (Lipinski definition) is 1.